The molecule has 0 amide bonds. The van der Waals surface area contributed by atoms with Crippen molar-refractivity contribution in [2.75, 3.05) is 0 Å². The molecule has 0 saturated heterocycles. The van der Waals surface area contributed by atoms with Crippen LogP contribution in [0.4, 0.5) is 22.0 Å². The Morgan fingerprint density at radius 1 is 1.18 bits per heavy atom. The maximum Gasteiger partial charge on any atom is 0.303 e. The molecule has 0 fully saturated rings. The molecule has 0 bridgehead atoms. The van der Waals surface area contributed by atoms with Crippen LogP contribution in [0, 0.1) is 5.82 Å². The molecule has 0 heterocycles. The normalized spacial score (nSPS) is 13.2. The van der Waals surface area contributed by atoms with Crippen LogP contribution in [0.3, 0.4) is 0 Å². The van der Waals surface area contributed by atoms with Crippen molar-refractivity contribution in [3.8, 4) is 0 Å². The lowest BCUT2D eigenvalue weighted by Crippen LogP contribution is -2.41. The number of aliphatic hydroxyl groups is 1. The molecule has 0 spiro atoms. The molecular formula is C11H11F5O. The number of rotatable bonds is 3. The molecule has 0 atom stereocenters. The second-order valence-electron chi connectivity index (χ2n) is 4.14. The predicted octanol–water partition coefficient (Wildman–Crippen LogP) is 3.63. The maximum absolute atomic E-state index is 13.6. The van der Waals surface area contributed by atoms with Gasteiger partial charge in [-0.2, -0.15) is 8.78 Å². The Bertz CT molecular complexity index is 409. The van der Waals surface area contributed by atoms with Crippen LogP contribution in [0.2, 0.25) is 0 Å². The van der Waals surface area contributed by atoms with E-state index in [1.54, 1.807) is 0 Å². The molecule has 1 nitrogen and oxygen atoms in total. The average Bonchev–Trinajstić information content (AvgIpc) is 2.15. The second-order valence-corrected chi connectivity index (χ2v) is 4.14. The van der Waals surface area contributed by atoms with Gasteiger partial charge in [-0.15, -0.1) is 0 Å². The summed E-state index contributed by atoms with van der Waals surface area (Å²) in [5.41, 5.74) is -4.89. The lowest BCUT2D eigenvalue weighted by Gasteiger charge is -2.29. The monoisotopic (exact) mass is 254 g/mol. The lowest BCUT2D eigenvalue weighted by molar-refractivity contribution is -0.170. The van der Waals surface area contributed by atoms with Crippen molar-refractivity contribution in [1.29, 1.82) is 0 Å². The summed E-state index contributed by atoms with van der Waals surface area (Å²) in [5.74, 6) is -5.64. The molecule has 0 radical (unpaired) electrons. The van der Waals surface area contributed by atoms with Crippen LogP contribution in [0.5, 0.6) is 0 Å². The van der Waals surface area contributed by atoms with Gasteiger partial charge >= 0.3 is 5.92 Å². The summed E-state index contributed by atoms with van der Waals surface area (Å²) in [5, 5.41) is 9.25. The van der Waals surface area contributed by atoms with E-state index in [9.17, 15) is 27.1 Å². The van der Waals surface area contributed by atoms with Crippen molar-refractivity contribution in [1.82, 2.24) is 0 Å². The Labute approximate surface area is 94.9 Å². The van der Waals surface area contributed by atoms with E-state index in [2.05, 4.69) is 0 Å². The molecule has 0 aliphatic carbocycles. The summed E-state index contributed by atoms with van der Waals surface area (Å²) in [6.45, 7) is 1.56. The van der Waals surface area contributed by atoms with E-state index in [4.69, 9.17) is 0 Å². The Hall–Kier alpha value is -1.17. The molecular weight excluding hydrogens is 243 g/mol. The largest absolute Gasteiger partial charge is 0.384 e. The fraction of sp³-hybridized carbons (Fsp3) is 0.455. The summed E-state index contributed by atoms with van der Waals surface area (Å²) in [7, 11) is 0. The molecule has 1 aromatic carbocycles. The lowest BCUT2D eigenvalue weighted by atomic mass is 9.92. The quantitative estimate of drug-likeness (QED) is 0.817. The molecule has 0 unspecified atom stereocenters. The minimum atomic E-state index is -3.96. The summed E-state index contributed by atoms with van der Waals surface area (Å²) >= 11 is 0. The zero-order valence-electron chi connectivity index (χ0n) is 9.15. The highest BCUT2D eigenvalue weighted by atomic mass is 19.3. The van der Waals surface area contributed by atoms with Crippen LogP contribution in [0.15, 0.2) is 18.2 Å². The first kappa shape index (κ1) is 13.9. The highest BCUT2D eigenvalue weighted by Gasteiger charge is 2.49. The first-order valence-corrected chi connectivity index (χ1v) is 4.76. The van der Waals surface area contributed by atoms with Crippen LogP contribution in [-0.2, 0) is 5.92 Å². The number of hydrogen-bond acceptors (Lipinski definition) is 1. The third kappa shape index (κ3) is 2.41. The van der Waals surface area contributed by atoms with Crippen molar-refractivity contribution in [2.45, 2.75) is 31.8 Å². The second kappa shape index (κ2) is 4.25. The van der Waals surface area contributed by atoms with Gasteiger partial charge in [0, 0.05) is 0 Å². The van der Waals surface area contributed by atoms with Gasteiger partial charge in [0.05, 0.1) is 11.1 Å². The highest BCUT2D eigenvalue weighted by molar-refractivity contribution is 5.31. The Kier molecular flexibility index (Phi) is 3.47. The van der Waals surface area contributed by atoms with Crippen LogP contribution in [0.25, 0.3) is 0 Å². The van der Waals surface area contributed by atoms with E-state index in [0.717, 1.165) is 26.0 Å². The van der Waals surface area contributed by atoms with Crippen LogP contribution in [0.1, 0.15) is 31.4 Å². The van der Waals surface area contributed by atoms with Gasteiger partial charge in [0.25, 0.3) is 6.43 Å². The average molecular weight is 254 g/mol. The highest BCUT2D eigenvalue weighted by Crippen LogP contribution is 2.41. The van der Waals surface area contributed by atoms with Crippen LogP contribution < -0.4 is 0 Å². The number of hydrogen-bond donors (Lipinski definition) is 1. The zero-order valence-corrected chi connectivity index (χ0v) is 9.15. The molecule has 0 aromatic heterocycles. The molecule has 1 aromatic rings. The van der Waals surface area contributed by atoms with Gasteiger partial charge in [0.2, 0.25) is 0 Å². The van der Waals surface area contributed by atoms with Gasteiger partial charge < -0.3 is 5.11 Å². The van der Waals surface area contributed by atoms with E-state index in [-0.39, 0.29) is 0 Å². The van der Waals surface area contributed by atoms with Crippen molar-refractivity contribution < 1.29 is 27.1 Å². The van der Waals surface area contributed by atoms with Gasteiger partial charge in [-0.05, 0) is 19.9 Å². The van der Waals surface area contributed by atoms with E-state index in [0.29, 0.717) is 6.07 Å². The summed E-state index contributed by atoms with van der Waals surface area (Å²) in [6.07, 6.45) is -3.19. The Balaban J connectivity index is 3.38. The number of alkyl halides is 4. The maximum atomic E-state index is 13.6. The van der Waals surface area contributed by atoms with Crippen LogP contribution in [-0.4, -0.2) is 10.7 Å². The number of halogens is 5. The van der Waals surface area contributed by atoms with Gasteiger partial charge in [-0.25, -0.2) is 13.2 Å². The first-order valence-electron chi connectivity index (χ1n) is 4.76. The molecule has 1 N–H and O–H groups in total. The number of benzene rings is 1. The third-order valence-electron chi connectivity index (χ3n) is 2.37. The molecule has 96 valence electrons. The van der Waals surface area contributed by atoms with Gasteiger partial charge in [-0.1, -0.05) is 12.1 Å². The van der Waals surface area contributed by atoms with Crippen molar-refractivity contribution >= 4 is 0 Å². The van der Waals surface area contributed by atoms with E-state index >= 15 is 0 Å². The SMILES string of the molecule is CC(C)(O)C(F)(F)c1cccc(C(F)F)c1F. The molecule has 0 aliphatic heterocycles. The molecule has 0 aliphatic rings. The molecule has 1 rings (SSSR count). The topological polar surface area (TPSA) is 20.2 Å². The summed E-state index contributed by atoms with van der Waals surface area (Å²) in [6, 6.07) is 2.31. The van der Waals surface area contributed by atoms with Crippen LogP contribution >= 0.6 is 0 Å². The van der Waals surface area contributed by atoms with Gasteiger partial charge in [-0.3, -0.25) is 0 Å². The first-order chi connectivity index (χ1) is 7.59. The van der Waals surface area contributed by atoms with E-state index in [1.165, 1.54) is 0 Å². The fourth-order valence-electron chi connectivity index (χ4n) is 1.29. The van der Waals surface area contributed by atoms with Crippen molar-refractivity contribution in [3.05, 3.63) is 35.1 Å². The fourth-order valence-corrected chi connectivity index (χ4v) is 1.29. The van der Waals surface area contributed by atoms with Crippen molar-refractivity contribution in [2.24, 2.45) is 0 Å². The van der Waals surface area contributed by atoms with Gasteiger partial charge in [0.15, 0.2) is 0 Å². The Morgan fingerprint density at radius 2 is 1.71 bits per heavy atom. The molecule has 0 saturated carbocycles. The standard InChI is InChI=1S/C11H11F5O/c1-10(2,17)11(15,16)7-5-3-4-6(8(7)12)9(13)14/h3-5,9,17H,1-2H3. The van der Waals surface area contributed by atoms with E-state index < -0.39 is 34.9 Å². The van der Waals surface area contributed by atoms with Crippen molar-refractivity contribution in [3.63, 3.8) is 0 Å². The summed E-state index contributed by atoms with van der Waals surface area (Å²) < 4.78 is 65.4. The zero-order chi connectivity index (χ0) is 13.4. The minimum Gasteiger partial charge on any atom is -0.384 e. The molecule has 17 heavy (non-hydrogen) atoms. The smallest absolute Gasteiger partial charge is 0.303 e. The Morgan fingerprint density at radius 3 is 2.12 bits per heavy atom. The van der Waals surface area contributed by atoms with Gasteiger partial charge in [0.1, 0.15) is 11.4 Å². The predicted molar refractivity (Wildman–Crippen MR) is 51.5 cm³/mol. The van der Waals surface area contributed by atoms with E-state index in [1.807, 2.05) is 0 Å². The molecule has 6 heteroatoms. The minimum absolute atomic E-state index is 0.680. The third-order valence-corrected chi connectivity index (χ3v) is 2.37. The summed E-state index contributed by atoms with van der Waals surface area (Å²) in [4.78, 5) is 0.